The molecule has 0 bridgehead atoms. The van der Waals surface area contributed by atoms with E-state index in [1.807, 2.05) is 17.9 Å². The Kier molecular flexibility index (Phi) is 4.01. The molecule has 1 amide bonds. The van der Waals surface area contributed by atoms with Crippen molar-refractivity contribution in [2.75, 3.05) is 0 Å². The van der Waals surface area contributed by atoms with Gasteiger partial charge in [0.25, 0.3) is 0 Å². The number of carbonyl (C=O) groups excluding carboxylic acids is 1. The highest BCUT2D eigenvalue weighted by molar-refractivity contribution is 7.11. The predicted molar refractivity (Wildman–Crippen MR) is 83.1 cm³/mol. The second-order valence-corrected chi connectivity index (χ2v) is 6.71. The Morgan fingerprint density at radius 2 is 2.10 bits per heavy atom. The molecule has 1 aromatic heterocycles. The van der Waals surface area contributed by atoms with E-state index in [0.29, 0.717) is 19.0 Å². The smallest absolute Gasteiger partial charge is 0.230 e. The molecule has 1 aromatic carbocycles. The van der Waals surface area contributed by atoms with Gasteiger partial charge in [-0.15, -0.1) is 21.5 Å². The molecule has 0 fully saturated rings. The standard InChI is InChI=1S/C16H19N3OS/c1-3-14-8-12-6-4-5-7-13(12)10-19(14)16(20)9-15-18-17-11(2)21-15/h4-7,14H,3,8-10H2,1-2H3. The Bertz CT molecular complexity index is 652. The van der Waals surface area contributed by atoms with Gasteiger partial charge in [0.15, 0.2) is 0 Å². The van der Waals surface area contributed by atoms with Gasteiger partial charge in [0.2, 0.25) is 5.91 Å². The Hall–Kier alpha value is -1.75. The van der Waals surface area contributed by atoms with Gasteiger partial charge >= 0.3 is 0 Å². The molecule has 1 aliphatic rings. The summed E-state index contributed by atoms with van der Waals surface area (Å²) in [6.07, 6.45) is 2.30. The number of aryl methyl sites for hydroxylation is 1. The van der Waals surface area contributed by atoms with E-state index in [2.05, 4.69) is 35.3 Å². The SMILES string of the molecule is CCC1Cc2ccccc2CN1C(=O)Cc1nnc(C)s1. The van der Waals surface area contributed by atoms with Gasteiger partial charge in [0.05, 0.1) is 6.42 Å². The van der Waals surface area contributed by atoms with E-state index >= 15 is 0 Å². The lowest BCUT2D eigenvalue weighted by Gasteiger charge is -2.36. The molecule has 110 valence electrons. The number of hydrogen-bond donors (Lipinski definition) is 0. The monoisotopic (exact) mass is 301 g/mol. The van der Waals surface area contributed by atoms with Gasteiger partial charge in [-0.2, -0.15) is 0 Å². The average Bonchev–Trinajstić information content (AvgIpc) is 2.90. The predicted octanol–water partition coefficient (Wildman–Crippen LogP) is 2.75. The van der Waals surface area contributed by atoms with Gasteiger partial charge in [0.1, 0.15) is 10.0 Å². The molecular formula is C16H19N3OS. The first-order valence-corrected chi connectivity index (χ1v) is 8.14. The first-order valence-electron chi connectivity index (χ1n) is 7.32. The van der Waals surface area contributed by atoms with E-state index in [-0.39, 0.29) is 5.91 Å². The Balaban J connectivity index is 1.78. The summed E-state index contributed by atoms with van der Waals surface area (Å²) >= 11 is 1.50. The summed E-state index contributed by atoms with van der Waals surface area (Å²) in [5.41, 5.74) is 2.64. The summed E-state index contributed by atoms with van der Waals surface area (Å²) in [5, 5.41) is 9.78. The third kappa shape index (κ3) is 2.97. The maximum atomic E-state index is 12.6. The Labute approximate surface area is 128 Å². The molecule has 0 radical (unpaired) electrons. The Morgan fingerprint density at radius 1 is 1.33 bits per heavy atom. The first-order chi connectivity index (χ1) is 10.2. The van der Waals surface area contributed by atoms with Crippen molar-refractivity contribution in [2.45, 2.75) is 45.7 Å². The first kappa shape index (κ1) is 14.2. The van der Waals surface area contributed by atoms with E-state index in [4.69, 9.17) is 0 Å². The minimum atomic E-state index is 0.160. The summed E-state index contributed by atoms with van der Waals surface area (Å²) < 4.78 is 0. The molecule has 0 saturated carbocycles. The molecule has 4 nitrogen and oxygen atoms in total. The molecule has 0 aliphatic carbocycles. The van der Waals surface area contributed by atoms with Gasteiger partial charge in [0, 0.05) is 12.6 Å². The van der Waals surface area contributed by atoms with Gasteiger partial charge in [-0.3, -0.25) is 4.79 Å². The molecule has 21 heavy (non-hydrogen) atoms. The van der Waals surface area contributed by atoms with Crippen LogP contribution >= 0.6 is 11.3 Å². The largest absolute Gasteiger partial charge is 0.335 e. The maximum absolute atomic E-state index is 12.6. The van der Waals surface area contributed by atoms with Crippen LogP contribution in [-0.2, 0) is 24.2 Å². The van der Waals surface area contributed by atoms with Crippen LogP contribution in [0.3, 0.4) is 0 Å². The molecule has 2 heterocycles. The van der Waals surface area contributed by atoms with E-state index < -0.39 is 0 Å². The van der Waals surface area contributed by atoms with Crippen molar-refractivity contribution in [3.8, 4) is 0 Å². The molecule has 2 aromatic rings. The number of aromatic nitrogens is 2. The normalized spacial score (nSPS) is 17.6. The fourth-order valence-electron chi connectivity index (χ4n) is 2.88. The second kappa shape index (κ2) is 5.93. The van der Waals surface area contributed by atoms with Crippen LogP contribution in [0.1, 0.15) is 34.5 Å². The third-order valence-electron chi connectivity index (χ3n) is 4.02. The van der Waals surface area contributed by atoms with Crippen LogP contribution in [0.4, 0.5) is 0 Å². The van der Waals surface area contributed by atoms with Gasteiger partial charge in [-0.25, -0.2) is 0 Å². The zero-order valence-corrected chi connectivity index (χ0v) is 13.2. The van der Waals surface area contributed by atoms with Crippen molar-refractivity contribution in [3.05, 3.63) is 45.4 Å². The lowest BCUT2D eigenvalue weighted by molar-refractivity contribution is -0.134. The van der Waals surface area contributed by atoms with Crippen LogP contribution in [0.15, 0.2) is 24.3 Å². The maximum Gasteiger partial charge on any atom is 0.230 e. The highest BCUT2D eigenvalue weighted by atomic mass is 32.1. The molecule has 0 spiro atoms. The second-order valence-electron chi connectivity index (χ2n) is 5.45. The highest BCUT2D eigenvalue weighted by Gasteiger charge is 2.28. The van der Waals surface area contributed by atoms with E-state index in [9.17, 15) is 4.79 Å². The van der Waals surface area contributed by atoms with Gasteiger partial charge < -0.3 is 4.90 Å². The third-order valence-corrected chi connectivity index (χ3v) is 4.86. The number of benzene rings is 1. The van der Waals surface area contributed by atoms with Crippen molar-refractivity contribution in [3.63, 3.8) is 0 Å². The topological polar surface area (TPSA) is 46.1 Å². The molecule has 0 saturated heterocycles. The van der Waals surface area contributed by atoms with Crippen molar-refractivity contribution >= 4 is 17.2 Å². The summed E-state index contributed by atoms with van der Waals surface area (Å²) in [7, 11) is 0. The molecule has 5 heteroatoms. The van der Waals surface area contributed by atoms with Crippen LogP contribution in [0, 0.1) is 6.92 Å². The lowest BCUT2D eigenvalue weighted by atomic mass is 9.92. The summed E-state index contributed by atoms with van der Waals surface area (Å²) in [6.45, 7) is 4.77. The fourth-order valence-corrected chi connectivity index (χ4v) is 3.58. The van der Waals surface area contributed by atoms with Crippen molar-refractivity contribution in [1.29, 1.82) is 0 Å². The van der Waals surface area contributed by atoms with Crippen LogP contribution in [0.25, 0.3) is 0 Å². The number of hydrogen-bond acceptors (Lipinski definition) is 4. The molecule has 1 unspecified atom stereocenters. The van der Waals surface area contributed by atoms with E-state index in [0.717, 1.165) is 22.9 Å². The number of carbonyl (C=O) groups is 1. The molecular weight excluding hydrogens is 282 g/mol. The van der Waals surface area contributed by atoms with Crippen molar-refractivity contribution in [1.82, 2.24) is 15.1 Å². The van der Waals surface area contributed by atoms with Crippen LogP contribution in [-0.4, -0.2) is 27.0 Å². The van der Waals surface area contributed by atoms with Gasteiger partial charge in [-0.05, 0) is 30.9 Å². The molecule has 1 atom stereocenters. The van der Waals surface area contributed by atoms with Crippen molar-refractivity contribution < 1.29 is 4.79 Å². The minimum Gasteiger partial charge on any atom is -0.335 e. The average molecular weight is 301 g/mol. The van der Waals surface area contributed by atoms with E-state index in [1.165, 1.54) is 22.5 Å². The Morgan fingerprint density at radius 3 is 2.76 bits per heavy atom. The van der Waals surface area contributed by atoms with E-state index in [1.54, 1.807) is 0 Å². The summed E-state index contributed by atoms with van der Waals surface area (Å²) in [4.78, 5) is 14.6. The zero-order chi connectivity index (χ0) is 14.8. The summed E-state index contributed by atoms with van der Waals surface area (Å²) in [6, 6.07) is 8.71. The minimum absolute atomic E-state index is 0.160. The lowest BCUT2D eigenvalue weighted by Crippen LogP contribution is -2.44. The molecule has 1 aliphatic heterocycles. The summed E-state index contributed by atoms with van der Waals surface area (Å²) in [5.74, 6) is 0.160. The number of rotatable bonds is 3. The van der Waals surface area contributed by atoms with Gasteiger partial charge in [-0.1, -0.05) is 31.2 Å². The quantitative estimate of drug-likeness (QED) is 0.875. The number of nitrogens with zero attached hydrogens (tertiary/aromatic N) is 3. The highest BCUT2D eigenvalue weighted by Crippen LogP contribution is 2.25. The fraction of sp³-hybridized carbons (Fsp3) is 0.438. The van der Waals surface area contributed by atoms with Crippen LogP contribution in [0.2, 0.25) is 0 Å². The van der Waals surface area contributed by atoms with Crippen molar-refractivity contribution in [2.24, 2.45) is 0 Å². The number of fused-ring (bicyclic) bond motifs is 1. The molecule has 0 N–H and O–H groups in total. The molecule has 3 rings (SSSR count). The van der Waals surface area contributed by atoms with Crippen LogP contribution < -0.4 is 0 Å². The zero-order valence-electron chi connectivity index (χ0n) is 12.4. The van der Waals surface area contributed by atoms with Crippen LogP contribution in [0.5, 0.6) is 0 Å². The number of amides is 1.